The van der Waals surface area contributed by atoms with Crippen molar-refractivity contribution in [3.05, 3.63) is 0 Å². The average molecular weight is 323 g/mol. The Morgan fingerprint density at radius 1 is 1.17 bits per heavy atom. The molecule has 0 heterocycles. The Hall–Kier alpha value is -1.10. The highest BCUT2D eigenvalue weighted by atomic mass is 16.5. The number of carbonyl (C=O) groups excluding carboxylic acids is 2. The molecule has 23 heavy (non-hydrogen) atoms. The van der Waals surface area contributed by atoms with Gasteiger partial charge >= 0.3 is 5.97 Å². The maximum atomic E-state index is 12.6. The van der Waals surface area contributed by atoms with E-state index in [9.17, 15) is 14.7 Å². The maximum absolute atomic E-state index is 12.6. The van der Waals surface area contributed by atoms with Gasteiger partial charge in [0.15, 0.2) is 6.61 Å². The fourth-order valence-corrected chi connectivity index (χ4v) is 5.20. The summed E-state index contributed by atoms with van der Waals surface area (Å²) in [6.07, 6.45) is 4.92. The maximum Gasteiger partial charge on any atom is 0.312 e. The van der Waals surface area contributed by atoms with Crippen LogP contribution in [0, 0.1) is 23.2 Å². The number of hydrogen-bond donors (Lipinski definition) is 2. The summed E-state index contributed by atoms with van der Waals surface area (Å²) in [5, 5.41) is 13.5. The number of ether oxygens (including phenoxy) is 1. The number of rotatable bonds is 5. The van der Waals surface area contributed by atoms with E-state index in [-0.39, 0.29) is 24.5 Å². The van der Waals surface area contributed by atoms with Gasteiger partial charge in [-0.3, -0.25) is 9.59 Å². The second-order valence-corrected chi connectivity index (χ2v) is 8.64. The largest absolute Gasteiger partial charge is 0.455 e. The number of aliphatic hydroxyl groups is 1. The van der Waals surface area contributed by atoms with E-state index < -0.39 is 11.0 Å². The molecule has 0 aliphatic heterocycles. The highest BCUT2D eigenvalue weighted by Crippen LogP contribution is 2.61. The highest BCUT2D eigenvalue weighted by molar-refractivity contribution is 5.83. The van der Waals surface area contributed by atoms with Crippen LogP contribution in [0.4, 0.5) is 0 Å². The Balaban J connectivity index is 1.57. The minimum absolute atomic E-state index is 0.0569. The molecule has 0 aromatic carbocycles. The lowest BCUT2D eigenvalue weighted by Crippen LogP contribution is -2.58. The Labute approximate surface area is 138 Å². The van der Waals surface area contributed by atoms with Crippen molar-refractivity contribution in [3.8, 4) is 0 Å². The van der Waals surface area contributed by atoms with Crippen LogP contribution in [-0.4, -0.2) is 35.2 Å². The first kappa shape index (κ1) is 16.7. The van der Waals surface area contributed by atoms with Gasteiger partial charge in [-0.05, 0) is 63.2 Å². The topological polar surface area (TPSA) is 75.6 Å². The molecule has 2 N–H and O–H groups in total. The van der Waals surface area contributed by atoms with E-state index in [1.807, 2.05) is 20.8 Å². The molecule has 4 fully saturated rings. The van der Waals surface area contributed by atoms with Crippen LogP contribution < -0.4 is 5.32 Å². The second kappa shape index (κ2) is 5.76. The van der Waals surface area contributed by atoms with Gasteiger partial charge in [-0.15, -0.1) is 0 Å². The zero-order valence-electron chi connectivity index (χ0n) is 14.4. The lowest BCUT2D eigenvalue weighted by Gasteiger charge is -2.58. The quantitative estimate of drug-likeness (QED) is 0.759. The van der Waals surface area contributed by atoms with Gasteiger partial charge in [0.2, 0.25) is 0 Å². The zero-order chi connectivity index (χ0) is 16.8. The van der Waals surface area contributed by atoms with E-state index in [0.29, 0.717) is 24.2 Å². The molecular weight excluding hydrogens is 294 g/mol. The smallest absolute Gasteiger partial charge is 0.312 e. The molecule has 4 saturated carbocycles. The van der Waals surface area contributed by atoms with Crippen molar-refractivity contribution in [2.24, 2.45) is 23.2 Å². The minimum atomic E-state index is -0.683. The van der Waals surface area contributed by atoms with Crippen molar-refractivity contribution >= 4 is 11.9 Å². The van der Waals surface area contributed by atoms with Crippen LogP contribution in [-0.2, 0) is 14.3 Å². The van der Waals surface area contributed by atoms with Crippen molar-refractivity contribution in [2.75, 3.05) is 6.61 Å². The van der Waals surface area contributed by atoms with Gasteiger partial charge in [-0.1, -0.05) is 13.8 Å². The van der Waals surface area contributed by atoms with Crippen LogP contribution in [0.1, 0.15) is 59.3 Å². The lowest BCUT2D eigenvalue weighted by atomic mass is 9.48. The summed E-state index contributed by atoms with van der Waals surface area (Å²) in [6.45, 7) is 5.80. The van der Waals surface area contributed by atoms with E-state index in [1.54, 1.807) is 0 Å². The Bertz CT molecular complexity index is 487. The SMILES string of the molecule is CC(C)[C@H](C)NC(=O)COC(=O)C12C[C@@H]3C[C@@H](CC(O)(C3)C1)C2. The van der Waals surface area contributed by atoms with Gasteiger partial charge in [0.25, 0.3) is 5.91 Å². The summed E-state index contributed by atoms with van der Waals surface area (Å²) >= 11 is 0. The van der Waals surface area contributed by atoms with Crippen molar-refractivity contribution in [3.63, 3.8) is 0 Å². The molecule has 5 atom stereocenters. The van der Waals surface area contributed by atoms with Gasteiger partial charge in [0.05, 0.1) is 11.0 Å². The molecule has 4 aliphatic rings. The fraction of sp³-hybridized carbons (Fsp3) is 0.889. The third kappa shape index (κ3) is 3.25. The molecule has 4 rings (SSSR count). The molecule has 0 radical (unpaired) electrons. The standard InChI is InChI=1S/C18H29NO4/c1-11(2)12(3)19-15(20)9-23-16(21)17-5-13-4-14(6-17)8-18(22,7-13)10-17/h11-14,22H,4-10H2,1-3H3,(H,19,20)/t12-,13-,14+,17?,18?/m0/s1. The predicted molar refractivity (Wildman–Crippen MR) is 85.5 cm³/mol. The van der Waals surface area contributed by atoms with Crippen molar-refractivity contribution < 1.29 is 19.4 Å². The summed E-state index contributed by atoms with van der Waals surface area (Å²) in [4.78, 5) is 24.6. The summed E-state index contributed by atoms with van der Waals surface area (Å²) in [6, 6.07) is 0.0569. The van der Waals surface area contributed by atoms with Crippen LogP contribution in [0.2, 0.25) is 0 Å². The zero-order valence-corrected chi connectivity index (χ0v) is 14.4. The summed E-state index contributed by atoms with van der Waals surface area (Å²) in [5.74, 6) is 0.680. The monoisotopic (exact) mass is 323 g/mol. The van der Waals surface area contributed by atoms with E-state index in [0.717, 1.165) is 32.1 Å². The first-order chi connectivity index (χ1) is 10.7. The normalized spacial score (nSPS) is 39.3. The first-order valence-corrected chi connectivity index (χ1v) is 8.90. The molecule has 5 heteroatoms. The molecule has 0 saturated heterocycles. The molecule has 130 valence electrons. The Kier molecular flexibility index (Phi) is 4.20. The van der Waals surface area contributed by atoms with E-state index in [1.165, 1.54) is 0 Å². The van der Waals surface area contributed by atoms with Crippen LogP contribution in [0.3, 0.4) is 0 Å². The van der Waals surface area contributed by atoms with Gasteiger partial charge in [-0.25, -0.2) is 0 Å². The molecule has 4 aliphatic carbocycles. The lowest BCUT2D eigenvalue weighted by molar-refractivity contribution is -0.196. The van der Waals surface area contributed by atoms with Crippen LogP contribution in [0.15, 0.2) is 0 Å². The van der Waals surface area contributed by atoms with Crippen LogP contribution >= 0.6 is 0 Å². The van der Waals surface area contributed by atoms with E-state index in [2.05, 4.69) is 5.32 Å². The molecule has 0 aromatic heterocycles. The second-order valence-electron chi connectivity index (χ2n) is 8.64. The predicted octanol–water partition coefficient (Wildman–Crippen LogP) is 2.02. The highest BCUT2D eigenvalue weighted by Gasteiger charge is 2.60. The van der Waals surface area contributed by atoms with Crippen LogP contribution in [0.25, 0.3) is 0 Å². The summed E-state index contributed by atoms with van der Waals surface area (Å²) < 4.78 is 5.35. The van der Waals surface area contributed by atoms with Crippen molar-refractivity contribution in [2.45, 2.75) is 70.9 Å². The van der Waals surface area contributed by atoms with Gasteiger partial charge in [-0.2, -0.15) is 0 Å². The van der Waals surface area contributed by atoms with Crippen LogP contribution in [0.5, 0.6) is 0 Å². The molecule has 2 unspecified atom stereocenters. The van der Waals surface area contributed by atoms with E-state index >= 15 is 0 Å². The summed E-state index contributed by atoms with van der Waals surface area (Å²) in [5.41, 5.74) is -1.24. The molecule has 0 aromatic rings. The minimum Gasteiger partial charge on any atom is -0.455 e. The fourth-order valence-electron chi connectivity index (χ4n) is 5.20. The molecule has 0 spiro atoms. The number of carbonyl (C=O) groups is 2. The number of amides is 1. The molecule has 4 bridgehead atoms. The number of esters is 1. The molecule has 5 nitrogen and oxygen atoms in total. The van der Waals surface area contributed by atoms with Gasteiger partial charge < -0.3 is 15.2 Å². The van der Waals surface area contributed by atoms with E-state index in [4.69, 9.17) is 4.74 Å². The third-order valence-corrected chi connectivity index (χ3v) is 6.19. The van der Waals surface area contributed by atoms with Gasteiger partial charge in [0.1, 0.15) is 0 Å². The average Bonchev–Trinajstić information content (AvgIpc) is 2.41. The summed E-state index contributed by atoms with van der Waals surface area (Å²) in [7, 11) is 0. The van der Waals surface area contributed by atoms with Gasteiger partial charge in [0, 0.05) is 6.04 Å². The molecular formula is C18H29NO4. The number of nitrogens with one attached hydrogen (secondary N) is 1. The van der Waals surface area contributed by atoms with Crippen molar-refractivity contribution in [1.82, 2.24) is 5.32 Å². The Morgan fingerprint density at radius 2 is 1.78 bits per heavy atom. The number of hydrogen-bond acceptors (Lipinski definition) is 4. The third-order valence-electron chi connectivity index (χ3n) is 6.19. The van der Waals surface area contributed by atoms with Crippen molar-refractivity contribution in [1.29, 1.82) is 0 Å². The first-order valence-electron chi connectivity index (χ1n) is 8.90. The molecule has 1 amide bonds. The Morgan fingerprint density at radius 3 is 2.30 bits per heavy atom.